The molecule has 2 aromatic rings. The molecule has 2 atom stereocenters. The first kappa shape index (κ1) is 12.3. The fourth-order valence-electron chi connectivity index (χ4n) is 2.23. The van der Waals surface area contributed by atoms with Gasteiger partial charge in [0.05, 0.1) is 6.04 Å². The number of rotatable bonds is 2. The average molecular weight is 275 g/mol. The van der Waals surface area contributed by atoms with Crippen LogP contribution < -0.4 is 4.72 Å². The first-order chi connectivity index (χ1) is 9.16. The Kier molecular flexibility index (Phi) is 3.10. The summed E-state index contributed by atoms with van der Waals surface area (Å²) in [6.07, 6.45) is -0.534. The van der Waals surface area contributed by atoms with Crippen LogP contribution in [0.3, 0.4) is 0 Å². The summed E-state index contributed by atoms with van der Waals surface area (Å²) in [5.74, 6) is 0. The van der Waals surface area contributed by atoms with E-state index in [2.05, 4.69) is 4.72 Å². The van der Waals surface area contributed by atoms with Crippen LogP contribution in [0.15, 0.2) is 60.7 Å². The van der Waals surface area contributed by atoms with Crippen molar-refractivity contribution in [3.8, 4) is 0 Å². The van der Waals surface area contributed by atoms with Crippen LogP contribution in [0.1, 0.15) is 23.3 Å². The van der Waals surface area contributed by atoms with E-state index in [1.165, 1.54) is 0 Å². The summed E-state index contributed by atoms with van der Waals surface area (Å²) in [5.41, 5.74) is 1.72. The molecule has 0 bridgehead atoms. The summed E-state index contributed by atoms with van der Waals surface area (Å²) in [6, 6.07) is 18.4. The molecule has 4 nitrogen and oxygen atoms in total. The molecule has 1 aliphatic heterocycles. The van der Waals surface area contributed by atoms with Crippen molar-refractivity contribution in [2.75, 3.05) is 0 Å². The molecule has 1 saturated heterocycles. The fourth-order valence-corrected chi connectivity index (χ4v) is 3.35. The largest absolute Gasteiger partial charge is 0.337 e. The number of benzene rings is 2. The van der Waals surface area contributed by atoms with Gasteiger partial charge in [-0.15, -0.1) is 0 Å². The molecular weight excluding hydrogens is 262 g/mol. The molecule has 5 heteroatoms. The van der Waals surface area contributed by atoms with Crippen LogP contribution in [0, 0.1) is 0 Å². The number of nitrogens with one attached hydrogen (secondary N) is 1. The maximum atomic E-state index is 11.7. The second-order valence-corrected chi connectivity index (χ2v) is 5.72. The summed E-state index contributed by atoms with van der Waals surface area (Å²) in [5, 5.41) is 0. The second kappa shape index (κ2) is 4.77. The standard InChI is InChI=1S/C14H13NO3S/c16-19(17)15-13(11-7-3-1-4-8-11)14(18-19)12-9-5-2-6-10-12/h1-10,13-15H/t13-,14+/m1/s1. The smallest absolute Gasteiger partial charge is 0.248 e. The molecule has 1 N–H and O–H groups in total. The first-order valence-corrected chi connectivity index (χ1v) is 7.37. The van der Waals surface area contributed by atoms with Crippen LogP contribution in [0.25, 0.3) is 0 Å². The Balaban J connectivity index is 2.02. The molecule has 19 heavy (non-hydrogen) atoms. The normalized spacial score (nSPS) is 25.3. The van der Waals surface area contributed by atoms with Crippen LogP contribution in [-0.2, 0) is 14.5 Å². The molecule has 3 rings (SSSR count). The van der Waals surface area contributed by atoms with Gasteiger partial charge in [-0.25, -0.2) is 4.18 Å². The minimum absolute atomic E-state index is 0.395. The average Bonchev–Trinajstić information content (AvgIpc) is 2.77. The van der Waals surface area contributed by atoms with E-state index in [1.54, 1.807) is 0 Å². The van der Waals surface area contributed by atoms with Crippen LogP contribution in [0.5, 0.6) is 0 Å². The lowest BCUT2D eigenvalue weighted by Gasteiger charge is -2.16. The Bertz CT molecular complexity index is 602. The van der Waals surface area contributed by atoms with Gasteiger partial charge in [0.25, 0.3) is 0 Å². The second-order valence-electron chi connectivity index (χ2n) is 4.39. The lowest BCUT2D eigenvalue weighted by molar-refractivity contribution is 0.220. The van der Waals surface area contributed by atoms with E-state index in [4.69, 9.17) is 4.18 Å². The molecule has 2 aromatic carbocycles. The van der Waals surface area contributed by atoms with Gasteiger partial charge in [-0.3, -0.25) is 0 Å². The fraction of sp³-hybridized carbons (Fsp3) is 0.143. The minimum atomic E-state index is -3.69. The predicted octanol–water partition coefficient (Wildman–Crippen LogP) is 2.33. The van der Waals surface area contributed by atoms with Crippen molar-refractivity contribution in [3.63, 3.8) is 0 Å². The first-order valence-electron chi connectivity index (χ1n) is 5.96. The van der Waals surface area contributed by atoms with Crippen molar-refractivity contribution in [2.24, 2.45) is 0 Å². The number of hydrogen-bond acceptors (Lipinski definition) is 3. The van der Waals surface area contributed by atoms with Crippen LogP contribution >= 0.6 is 0 Å². The van der Waals surface area contributed by atoms with Gasteiger partial charge in [0.1, 0.15) is 6.10 Å². The van der Waals surface area contributed by atoms with Crippen molar-refractivity contribution in [2.45, 2.75) is 12.1 Å². The zero-order chi connectivity index (χ0) is 13.3. The molecule has 1 aliphatic rings. The lowest BCUT2D eigenvalue weighted by atomic mass is 9.97. The molecule has 1 heterocycles. The van der Waals surface area contributed by atoms with Gasteiger partial charge in [0, 0.05) is 0 Å². The van der Waals surface area contributed by atoms with Crippen molar-refractivity contribution in [1.29, 1.82) is 0 Å². The minimum Gasteiger partial charge on any atom is -0.248 e. The van der Waals surface area contributed by atoms with Crippen molar-refractivity contribution >= 4 is 10.3 Å². The highest BCUT2D eigenvalue weighted by Crippen LogP contribution is 2.38. The summed E-state index contributed by atoms with van der Waals surface area (Å²) in [7, 11) is -3.69. The van der Waals surface area contributed by atoms with E-state index in [1.807, 2.05) is 60.7 Å². The number of hydrogen-bond donors (Lipinski definition) is 1. The van der Waals surface area contributed by atoms with Gasteiger partial charge in [0.2, 0.25) is 0 Å². The van der Waals surface area contributed by atoms with E-state index < -0.39 is 22.4 Å². The summed E-state index contributed by atoms with van der Waals surface area (Å²) >= 11 is 0. The highest BCUT2D eigenvalue weighted by atomic mass is 32.2. The molecule has 0 spiro atoms. The lowest BCUT2D eigenvalue weighted by Crippen LogP contribution is -2.20. The topological polar surface area (TPSA) is 55.4 Å². The maximum Gasteiger partial charge on any atom is 0.337 e. The van der Waals surface area contributed by atoms with E-state index in [0.717, 1.165) is 11.1 Å². The van der Waals surface area contributed by atoms with Gasteiger partial charge in [-0.2, -0.15) is 13.1 Å². The summed E-state index contributed by atoms with van der Waals surface area (Å²) in [6.45, 7) is 0. The molecule has 0 aromatic heterocycles. The molecule has 0 aliphatic carbocycles. The quantitative estimate of drug-likeness (QED) is 0.915. The van der Waals surface area contributed by atoms with Crippen LogP contribution in [0.2, 0.25) is 0 Å². The molecule has 1 fully saturated rings. The molecule has 0 unspecified atom stereocenters. The third-order valence-electron chi connectivity index (χ3n) is 3.09. The van der Waals surface area contributed by atoms with Gasteiger partial charge in [-0.05, 0) is 11.1 Å². The van der Waals surface area contributed by atoms with E-state index >= 15 is 0 Å². The van der Waals surface area contributed by atoms with Crippen molar-refractivity contribution < 1.29 is 12.6 Å². The highest BCUT2D eigenvalue weighted by molar-refractivity contribution is 7.84. The third kappa shape index (κ3) is 2.53. The summed E-state index contributed by atoms with van der Waals surface area (Å²) in [4.78, 5) is 0. The molecule has 0 radical (unpaired) electrons. The Morgan fingerprint density at radius 1 is 0.842 bits per heavy atom. The summed E-state index contributed by atoms with van der Waals surface area (Å²) < 4.78 is 31.0. The molecule has 0 amide bonds. The van der Waals surface area contributed by atoms with Gasteiger partial charge < -0.3 is 0 Å². The molecule has 98 valence electrons. The monoisotopic (exact) mass is 275 g/mol. The van der Waals surface area contributed by atoms with Gasteiger partial charge in [0.15, 0.2) is 0 Å². The van der Waals surface area contributed by atoms with E-state index in [-0.39, 0.29) is 0 Å². The molecular formula is C14H13NO3S. The Morgan fingerprint density at radius 2 is 1.37 bits per heavy atom. The van der Waals surface area contributed by atoms with Crippen molar-refractivity contribution in [3.05, 3.63) is 71.8 Å². The SMILES string of the molecule is O=S1(=O)N[C@H](c2ccccc2)[C@H](c2ccccc2)O1. The van der Waals surface area contributed by atoms with E-state index in [0.29, 0.717) is 0 Å². The third-order valence-corrected chi connectivity index (χ3v) is 4.09. The zero-order valence-corrected chi connectivity index (χ0v) is 10.9. The van der Waals surface area contributed by atoms with Gasteiger partial charge in [-0.1, -0.05) is 60.7 Å². The Morgan fingerprint density at radius 3 is 1.95 bits per heavy atom. The zero-order valence-electron chi connectivity index (χ0n) is 10.1. The molecule has 0 saturated carbocycles. The maximum absolute atomic E-state index is 11.7. The van der Waals surface area contributed by atoms with Crippen LogP contribution in [-0.4, -0.2) is 8.42 Å². The predicted molar refractivity (Wildman–Crippen MR) is 71.5 cm³/mol. The Labute approximate surface area is 112 Å². The van der Waals surface area contributed by atoms with Crippen LogP contribution in [0.4, 0.5) is 0 Å². The van der Waals surface area contributed by atoms with Gasteiger partial charge >= 0.3 is 10.3 Å². The Hall–Kier alpha value is -1.69. The van der Waals surface area contributed by atoms with E-state index in [9.17, 15) is 8.42 Å². The highest BCUT2D eigenvalue weighted by Gasteiger charge is 2.39. The van der Waals surface area contributed by atoms with Crippen molar-refractivity contribution in [1.82, 2.24) is 4.72 Å².